The Balaban J connectivity index is 5.21. The molecule has 19 heteroatoms. The summed E-state index contributed by atoms with van der Waals surface area (Å²) in [6, 6.07) is 0. The topological polar surface area (TPSA) is 237 Å². The van der Waals surface area contributed by atoms with Gasteiger partial charge in [-0.05, 0) is 37.5 Å². The molecule has 0 aliphatic rings. The van der Waals surface area contributed by atoms with Crippen LogP contribution in [0.25, 0.3) is 0 Å². The number of carbonyl (C=O) groups is 4. The first-order valence-corrected chi connectivity index (χ1v) is 45.5. The first-order chi connectivity index (χ1) is 48.9. The van der Waals surface area contributed by atoms with Gasteiger partial charge in [0.15, 0.2) is 12.2 Å². The molecule has 0 fully saturated rings. The minimum Gasteiger partial charge on any atom is -0.462 e. The van der Waals surface area contributed by atoms with Crippen LogP contribution in [0, 0.1) is 11.8 Å². The number of phosphoric ester groups is 2. The van der Waals surface area contributed by atoms with Gasteiger partial charge in [0.2, 0.25) is 0 Å². The first-order valence-electron chi connectivity index (χ1n) is 42.5. The molecule has 0 aromatic rings. The second-order valence-corrected chi connectivity index (χ2v) is 33.1. The molecule has 0 aromatic heterocycles. The summed E-state index contributed by atoms with van der Waals surface area (Å²) in [7, 11) is -9.92. The van der Waals surface area contributed by atoms with Gasteiger partial charge in [-0.25, -0.2) is 9.13 Å². The number of hydrogen-bond donors (Lipinski definition) is 3. The fourth-order valence-electron chi connectivity index (χ4n) is 12.7. The number of rotatable bonds is 81. The van der Waals surface area contributed by atoms with E-state index in [2.05, 4.69) is 41.5 Å². The van der Waals surface area contributed by atoms with Crippen molar-refractivity contribution in [3.8, 4) is 0 Å². The summed E-state index contributed by atoms with van der Waals surface area (Å²) in [6.45, 7) is 9.64. The second-order valence-electron chi connectivity index (χ2n) is 30.2. The van der Waals surface area contributed by atoms with Crippen LogP contribution in [0.5, 0.6) is 0 Å². The molecule has 0 rings (SSSR count). The molecule has 0 heterocycles. The fraction of sp³-hybridized carbons (Fsp3) is 0.951. The van der Waals surface area contributed by atoms with Crippen LogP contribution in [0.3, 0.4) is 0 Å². The van der Waals surface area contributed by atoms with Crippen LogP contribution in [0.15, 0.2) is 0 Å². The molecule has 3 unspecified atom stereocenters. The third-order valence-electron chi connectivity index (χ3n) is 19.6. The Morgan fingerprint density at radius 2 is 0.505 bits per heavy atom. The molecule has 3 N–H and O–H groups in total. The van der Waals surface area contributed by atoms with Gasteiger partial charge in [-0.15, -0.1) is 0 Å². The van der Waals surface area contributed by atoms with E-state index in [0.29, 0.717) is 31.6 Å². The van der Waals surface area contributed by atoms with Crippen LogP contribution in [-0.2, 0) is 65.4 Å². The van der Waals surface area contributed by atoms with Crippen LogP contribution < -0.4 is 0 Å². The highest BCUT2D eigenvalue weighted by Crippen LogP contribution is 2.45. The maximum Gasteiger partial charge on any atom is 0.472 e. The molecule has 0 spiro atoms. The molecular weight excluding hydrogens is 1320 g/mol. The van der Waals surface area contributed by atoms with Crippen molar-refractivity contribution < 1.29 is 80.2 Å². The van der Waals surface area contributed by atoms with Crippen LogP contribution in [-0.4, -0.2) is 96.7 Å². The van der Waals surface area contributed by atoms with Crippen molar-refractivity contribution in [2.24, 2.45) is 11.8 Å². The zero-order valence-corrected chi connectivity index (χ0v) is 68.0. The van der Waals surface area contributed by atoms with Gasteiger partial charge in [0.1, 0.15) is 19.3 Å². The van der Waals surface area contributed by atoms with E-state index in [4.69, 9.17) is 37.0 Å². The summed E-state index contributed by atoms with van der Waals surface area (Å²) >= 11 is 0. The molecular formula is C82H160O17P2. The van der Waals surface area contributed by atoms with E-state index in [-0.39, 0.29) is 25.7 Å². The lowest BCUT2D eigenvalue weighted by atomic mass is 9.99. The normalized spacial score (nSPS) is 14.2. The van der Waals surface area contributed by atoms with Crippen molar-refractivity contribution in [2.75, 3.05) is 39.6 Å². The summed E-state index contributed by atoms with van der Waals surface area (Å²) in [4.78, 5) is 73.0. The third kappa shape index (κ3) is 74.7. The lowest BCUT2D eigenvalue weighted by Gasteiger charge is -2.21. The van der Waals surface area contributed by atoms with Crippen LogP contribution in [0.2, 0.25) is 0 Å². The largest absolute Gasteiger partial charge is 0.472 e. The van der Waals surface area contributed by atoms with E-state index in [0.717, 1.165) is 102 Å². The number of hydrogen-bond acceptors (Lipinski definition) is 15. The number of esters is 4. The number of unbranched alkanes of at least 4 members (excludes halogenated alkanes) is 50. The molecule has 0 saturated heterocycles. The van der Waals surface area contributed by atoms with Crippen LogP contribution in [0.1, 0.15) is 433 Å². The quantitative estimate of drug-likeness (QED) is 0.0222. The molecule has 0 aromatic carbocycles. The summed E-state index contributed by atoms with van der Waals surface area (Å²) < 4.78 is 68.7. The number of ether oxygens (including phenoxy) is 4. The molecule has 0 amide bonds. The standard InChI is InChI=1S/C82H160O17P2/c1-7-10-12-14-16-18-20-22-23-24-25-26-27-28-29-34-38-42-48-55-61-67-82(87)98-77(70-92-79(84)64-58-52-46-40-37-33-31-30-32-35-39-45-51-57-63-75(6)9-3)72-96-100(88,89)94-68-76(83)69-95-101(90,91)97-73-78(71-93-80(85)65-59-53-49-43-44-50-56-62-74(4)5)99-81(86)66-60-54-47-41-36-21-19-17-15-13-11-8-2/h74-78,83H,7-73H2,1-6H3,(H,88,89)(H,90,91)/t75?,76-,77-,78-/m1/s1. The third-order valence-corrected chi connectivity index (χ3v) is 21.5. The monoisotopic (exact) mass is 1480 g/mol. The summed E-state index contributed by atoms with van der Waals surface area (Å²) in [5.74, 6) is -0.553. The van der Waals surface area contributed by atoms with Gasteiger partial charge in [0, 0.05) is 25.7 Å². The highest BCUT2D eigenvalue weighted by molar-refractivity contribution is 7.47. The first kappa shape index (κ1) is 99.1. The van der Waals surface area contributed by atoms with E-state index >= 15 is 0 Å². The summed E-state index contributed by atoms with van der Waals surface area (Å²) in [5.41, 5.74) is 0. The van der Waals surface area contributed by atoms with Gasteiger partial charge in [0.25, 0.3) is 0 Å². The molecule has 6 atom stereocenters. The number of aliphatic hydroxyl groups excluding tert-OH is 1. The van der Waals surface area contributed by atoms with Crippen molar-refractivity contribution >= 4 is 39.5 Å². The van der Waals surface area contributed by atoms with Crippen molar-refractivity contribution in [3.05, 3.63) is 0 Å². The minimum absolute atomic E-state index is 0.107. The Hall–Kier alpha value is -1.94. The highest BCUT2D eigenvalue weighted by Gasteiger charge is 2.30. The molecule has 0 aliphatic carbocycles. The van der Waals surface area contributed by atoms with Gasteiger partial charge in [0.05, 0.1) is 26.4 Å². The summed E-state index contributed by atoms with van der Waals surface area (Å²) in [6.07, 6.45) is 63.9. The van der Waals surface area contributed by atoms with Crippen LogP contribution in [0.4, 0.5) is 0 Å². The Morgan fingerprint density at radius 1 is 0.287 bits per heavy atom. The van der Waals surface area contributed by atoms with E-state index in [1.165, 1.54) is 244 Å². The predicted octanol–water partition coefficient (Wildman–Crippen LogP) is 24.7. The zero-order chi connectivity index (χ0) is 74.2. The Labute approximate surface area is 619 Å². The van der Waals surface area contributed by atoms with Gasteiger partial charge in [-0.2, -0.15) is 0 Å². The van der Waals surface area contributed by atoms with Gasteiger partial charge >= 0.3 is 39.5 Å². The van der Waals surface area contributed by atoms with E-state index < -0.39 is 97.5 Å². The van der Waals surface area contributed by atoms with E-state index in [1.54, 1.807) is 0 Å². The molecule has 0 bridgehead atoms. The van der Waals surface area contributed by atoms with Gasteiger partial charge < -0.3 is 33.8 Å². The van der Waals surface area contributed by atoms with Gasteiger partial charge in [-0.3, -0.25) is 37.3 Å². The summed E-state index contributed by atoms with van der Waals surface area (Å²) in [5, 5.41) is 10.6. The maximum atomic E-state index is 13.1. The number of carbonyl (C=O) groups excluding carboxylic acids is 4. The van der Waals surface area contributed by atoms with Crippen molar-refractivity contribution in [2.45, 2.75) is 452 Å². The molecule has 17 nitrogen and oxygen atoms in total. The van der Waals surface area contributed by atoms with E-state index in [9.17, 15) is 43.2 Å². The van der Waals surface area contributed by atoms with Crippen molar-refractivity contribution in [3.63, 3.8) is 0 Å². The Bertz CT molecular complexity index is 1940. The van der Waals surface area contributed by atoms with Crippen LogP contribution >= 0.6 is 15.6 Å². The van der Waals surface area contributed by atoms with E-state index in [1.807, 2.05) is 0 Å². The van der Waals surface area contributed by atoms with Crippen molar-refractivity contribution in [1.29, 1.82) is 0 Å². The maximum absolute atomic E-state index is 13.1. The smallest absolute Gasteiger partial charge is 0.462 e. The average molecular weight is 1480 g/mol. The molecule has 600 valence electrons. The Morgan fingerprint density at radius 3 is 0.752 bits per heavy atom. The highest BCUT2D eigenvalue weighted by atomic mass is 31.2. The van der Waals surface area contributed by atoms with Gasteiger partial charge in [-0.1, -0.05) is 382 Å². The Kier molecular flexibility index (Phi) is 72.2. The zero-order valence-electron chi connectivity index (χ0n) is 66.2. The molecule has 101 heavy (non-hydrogen) atoms. The number of aliphatic hydroxyl groups is 1. The predicted molar refractivity (Wildman–Crippen MR) is 414 cm³/mol. The lowest BCUT2D eigenvalue weighted by Crippen LogP contribution is -2.30. The van der Waals surface area contributed by atoms with Crippen molar-refractivity contribution in [1.82, 2.24) is 0 Å². The molecule has 0 radical (unpaired) electrons. The SMILES string of the molecule is CCCCCCCCCCCCCCCCCCCCCCCC(=O)O[C@H](COC(=O)CCCCCCCCCCCCCCCCC(C)CC)COP(=O)(O)OC[C@@H](O)COP(=O)(O)OC[C@@H](COC(=O)CCCCCCCCCC(C)C)OC(=O)CCCCCCCCCCCCCC. The molecule has 0 saturated carbocycles. The minimum atomic E-state index is -4.96. The lowest BCUT2D eigenvalue weighted by molar-refractivity contribution is -0.161. The average Bonchev–Trinajstić information content (AvgIpc) is 0.940. The fourth-order valence-corrected chi connectivity index (χ4v) is 14.3. The number of phosphoric acid groups is 2. The molecule has 0 aliphatic heterocycles. The second kappa shape index (κ2) is 73.6.